The molecule has 4 nitrogen and oxygen atoms in total. The maximum atomic E-state index is 12.1. The maximum Gasteiger partial charge on any atom is 0.265 e. The summed E-state index contributed by atoms with van der Waals surface area (Å²) >= 11 is 4.89. The van der Waals surface area contributed by atoms with Crippen LogP contribution in [0.15, 0.2) is 4.47 Å². The van der Waals surface area contributed by atoms with Gasteiger partial charge in [-0.2, -0.15) is 0 Å². The van der Waals surface area contributed by atoms with Crippen molar-refractivity contribution >= 4 is 33.2 Å². The maximum absolute atomic E-state index is 12.1. The Kier molecular flexibility index (Phi) is 4.64. The number of rotatable bonds is 4. The minimum absolute atomic E-state index is 0.0562. The van der Waals surface area contributed by atoms with Gasteiger partial charge in [0, 0.05) is 17.5 Å². The number of hydrogen-bond donors (Lipinski definition) is 2. The van der Waals surface area contributed by atoms with Crippen LogP contribution >= 0.6 is 27.3 Å². The van der Waals surface area contributed by atoms with E-state index in [1.54, 1.807) is 7.11 Å². The fraction of sp³-hybridized carbons (Fsp3) is 0.583. The van der Waals surface area contributed by atoms with Crippen molar-refractivity contribution in [3.8, 4) is 5.75 Å². The van der Waals surface area contributed by atoms with Crippen molar-refractivity contribution in [2.45, 2.75) is 25.8 Å². The second kappa shape index (κ2) is 6.04. The molecule has 0 radical (unpaired) electrons. The lowest BCUT2D eigenvalue weighted by Gasteiger charge is -2.11. The number of amides is 1. The molecule has 1 unspecified atom stereocenters. The first-order valence-electron chi connectivity index (χ1n) is 5.98. The van der Waals surface area contributed by atoms with Gasteiger partial charge >= 0.3 is 0 Å². The van der Waals surface area contributed by atoms with Crippen molar-refractivity contribution in [2.24, 2.45) is 0 Å². The van der Waals surface area contributed by atoms with Gasteiger partial charge < -0.3 is 15.4 Å². The van der Waals surface area contributed by atoms with Crippen LogP contribution < -0.4 is 15.4 Å². The molecule has 18 heavy (non-hydrogen) atoms. The molecule has 0 spiro atoms. The van der Waals surface area contributed by atoms with Crippen LogP contribution in [0.1, 0.15) is 27.4 Å². The van der Waals surface area contributed by atoms with Crippen molar-refractivity contribution in [3.05, 3.63) is 14.2 Å². The molecule has 0 saturated carbocycles. The highest BCUT2D eigenvalue weighted by molar-refractivity contribution is 9.10. The van der Waals surface area contributed by atoms with E-state index in [1.807, 2.05) is 6.92 Å². The minimum Gasteiger partial charge on any atom is -0.494 e. The van der Waals surface area contributed by atoms with Gasteiger partial charge in [-0.15, -0.1) is 11.3 Å². The Morgan fingerprint density at radius 1 is 1.67 bits per heavy atom. The highest BCUT2D eigenvalue weighted by atomic mass is 79.9. The molecule has 1 aliphatic rings. The third-order valence-corrected chi connectivity index (χ3v) is 5.35. The Morgan fingerprint density at radius 3 is 3.06 bits per heavy atom. The zero-order valence-corrected chi connectivity index (χ0v) is 12.9. The molecule has 100 valence electrons. The van der Waals surface area contributed by atoms with E-state index < -0.39 is 0 Å². The molecule has 1 amide bonds. The number of halogens is 1. The van der Waals surface area contributed by atoms with Crippen molar-refractivity contribution < 1.29 is 9.53 Å². The van der Waals surface area contributed by atoms with Crippen molar-refractivity contribution in [3.63, 3.8) is 0 Å². The first-order chi connectivity index (χ1) is 8.63. The fourth-order valence-electron chi connectivity index (χ4n) is 2.06. The van der Waals surface area contributed by atoms with Crippen LogP contribution in [0.3, 0.4) is 0 Å². The smallest absolute Gasteiger partial charge is 0.265 e. The van der Waals surface area contributed by atoms with Gasteiger partial charge in [0.1, 0.15) is 4.88 Å². The Balaban J connectivity index is 2.01. The number of hydrogen-bond acceptors (Lipinski definition) is 4. The van der Waals surface area contributed by atoms with Gasteiger partial charge in [-0.25, -0.2) is 0 Å². The number of methoxy groups -OCH3 is 1. The zero-order valence-electron chi connectivity index (χ0n) is 10.5. The second-order valence-electron chi connectivity index (χ2n) is 4.34. The van der Waals surface area contributed by atoms with E-state index in [4.69, 9.17) is 4.74 Å². The fourth-order valence-corrected chi connectivity index (χ4v) is 3.73. The van der Waals surface area contributed by atoms with Crippen LogP contribution in [0.2, 0.25) is 0 Å². The summed E-state index contributed by atoms with van der Waals surface area (Å²) in [7, 11) is 1.58. The first-order valence-corrected chi connectivity index (χ1v) is 7.59. The summed E-state index contributed by atoms with van der Waals surface area (Å²) in [5.74, 6) is 0.578. The highest BCUT2D eigenvalue weighted by Crippen LogP contribution is 2.38. The van der Waals surface area contributed by atoms with Crippen LogP contribution in [0, 0.1) is 6.92 Å². The Labute approximate surface area is 119 Å². The average molecular weight is 333 g/mol. The van der Waals surface area contributed by atoms with Crippen LogP contribution in [0.4, 0.5) is 0 Å². The number of aryl methyl sites for hydroxylation is 1. The predicted molar refractivity (Wildman–Crippen MR) is 76.7 cm³/mol. The number of ether oxygens (including phenoxy) is 1. The largest absolute Gasteiger partial charge is 0.494 e. The molecule has 1 saturated heterocycles. The highest BCUT2D eigenvalue weighted by Gasteiger charge is 2.22. The third kappa shape index (κ3) is 2.87. The molecule has 6 heteroatoms. The Hall–Kier alpha value is -0.590. The van der Waals surface area contributed by atoms with Crippen molar-refractivity contribution in [2.75, 3.05) is 20.2 Å². The van der Waals surface area contributed by atoms with E-state index in [1.165, 1.54) is 17.8 Å². The molecule has 1 aromatic heterocycles. The van der Waals surface area contributed by atoms with E-state index in [0.29, 0.717) is 23.2 Å². The molecule has 0 bridgehead atoms. The standard InChI is InChI=1S/C12H17BrN2O2S/c1-7-9(13)10(17-2)11(18-7)12(16)15-6-8-4-3-5-14-8/h8,14H,3-6H2,1-2H3,(H,15,16). The lowest BCUT2D eigenvalue weighted by atomic mass is 10.2. The normalized spacial score (nSPS) is 18.9. The number of carbonyl (C=O) groups excluding carboxylic acids is 1. The lowest BCUT2D eigenvalue weighted by molar-refractivity contribution is 0.0951. The Bertz CT molecular complexity index is 442. The van der Waals surface area contributed by atoms with Gasteiger partial charge in [-0.3, -0.25) is 4.79 Å². The summed E-state index contributed by atoms with van der Waals surface area (Å²) in [6.45, 7) is 3.69. The summed E-state index contributed by atoms with van der Waals surface area (Å²) in [4.78, 5) is 13.8. The average Bonchev–Trinajstić information content (AvgIpc) is 2.96. The second-order valence-corrected chi connectivity index (χ2v) is 6.36. The molecule has 0 aliphatic carbocycles. The number of thiophene rings is 1. The molecule has 1 aromatic rings. The quantitative estimate of drug-likeness (QED) is 0.889. The molecule has 2 rings (SSSR count). The molecule has 1 fully saturated rings. The van der Waals surface area contributed by atoms with Gasteiger partial charge in [0.25, 0.3) is 5.91 Å². The lowest BCUT2D eigenvalue weighted by Crippen LogP contribution is -2.36. The molecule has 2 heterocycles. The monoisotopic (exact) mass is 332 g/mol. The zero-order chi connectivity index (χ0) is 13.1. The van der Waals surface area contributed by atoms with E-state index in [0.717, 1.165) is 22.3 Å². The summed E-state index contributed by atoms with van der Waals surface area (Å²) in [5, 5.41) is 6.32. The number of carbonyl (C=O) groups is 1. The van der Waals surface area contributed by atoms with E-state index >= 15 is 0 Å². The third-order valence-electron chi connectivity index (χ3n) is 3.05. The minimum atomic E-state index is -0.0562. The number of nitrogens with one attached hydrogen (secondary N) is 2. The van der Waals surface area contributed by atoms with Crippen LogP contribution in [-0.4, -0.2) is 32.1 Å². The van der Waals surface area contributed by atoms with Gasteiger partial charge in [0.2, 0.25) is 0 Å². The van der Waals surface area contributed by atoms with Crippen molar-refractivity contribution in [1.29, 1.82) is 0 Å². The summed E-state index contributed by atoms with van der Waals surface area (Å²) < 4.78 is 6.15. The van der Waals surface area contributed by atoms with Crippen molar-refractivity contribution in [1.82, 2.24) is 10.6 Å². The van der Waals surface area contributed by atoms with Gasteiger partial charge in [-0.1, -0.05) is 0 Å². The molecule has 2 N–H and O–H groups in total. The van der Waals surface area contributed by atoms with Gasteiger partial charge in [-0.05, 0) is 42.2 Å². The van der Waals surface area contributed by atoms with E-state index in [2.05, 4.69) is 26.6 Å². The molecular formula is C12H17BrN2O2S. The predicted octanol–water partition coefficient (Wildman–Crippen LogP) is 2.31. The summed E-state index contributed by atoms with van der Waals surface area (Å²) in [6.07, 6.45) is 2.32. The molecule has 1 atom stereocenters. The van der Waals surface area contributed by atoms with E-state index in [9.17, 15) is 4.79 Å². The van der Waals surface area contributed by atoms with Gasteiger partial charge in [0.15, 0.2) is 5.75 Å². The van der Waals surface area contributed by atoms with E-state index in [-0.39, 0.29) is 5.91 Å². The van der Waals surface area contributed by atoms with Crippen LogP contribution in [0.5, 0.6) is 5.75 Å². The van der Waals surface area contributed by atoms with Crippen LogP contribution in [0.25, 0.3) is 0 Å². The first kappa shape index (κ1) is 13.8. The summed E-state index contributed by atoms with van der Waals surface area (Å²) in [6, 6.07) is 0.407. The van der Waals surface area contributed by atoms with Crippen LogP contribution in [-0.2, 0) is 0 Å². The SMILES string of the molecule is COc1c(C(=O)NCC2CCCN2)sc(C)c1Br. The molecule has 1 aliphatic heterocycles. The Morgan fingerprint density at radius 2 is 2.44 bits per heavy atom. The molecule has 0 aromatic carbocycles. The van der Waals surface area contributed by atoms with Gasteiger partial charge in [0.05, 0.1) is 11.6 Å². The topological polar surface area (TPSA) is 50.4 Å². The summed E-state index contributed by atoms with van der Waals surface area (Å²) in [5.41, 5.74) is 0. The molecular weight excluding hydrogens is 316 g/mol.